The largest absolute Gasteiger partial charge is 0.444 e. The SMILES string of the molecule is CN(c1cc(-c2cn(C(c3ccccc3)(c3ccccc3)c3ccccc3)cn2)cc(-c2nnc([C@](C)(Cc3ccccc3)NC(=O)OC(C)(C)C)o2)c1)S(C)(=O)=O. The summed E-state index contributed by atoms with van der Waals surface area (Å²) in [5, 5.41) is 11.8. The molecule has 296 valence electrons. The number of alkyl carbamates (subject to hydrolysis) is 1. The number of hydrogen-bond donors (Lipinski definition) is 1. The zero-order valence-electron chi connectivity index (χ0n) is 33.3. The second-order valence-electron chi connectivity index (χ2n) is 15.5. The van der Waals surface area contributed by atoms with Crippen LogP contribution in [0.1, 0.15) is 55.8 Å². The van der Waals surface area contributed by atoms with Crippen molar-refractivity contribution in [3.05, 3.63) is 180 Å². The van der Waals surface area contributed by atoms with Gasteiger partial charge in [-0.3, -0.25) is 4.31 Å². The molecule has 7 aromatic rings. The number of sulfonamides is 1. The number of carbonyl (C=O) groups excluding carboxylic acids is 1. The van der Waals surface area contributed by atoms with Crippen LogP contribution in [-0.4, -0.2) is 53.2 Å². The molecule has 0 aliphatic heterocycles. The maximum Gasteiger partial charge on any atom is 0.408 e. The summed E-state index contributed by atoms with van der Waals surface area (Å²) in [6.45, 7) is 7.17. The lowest BCUT2D eigenvalue weighted by atomic mass is 9.77. The average molecular weight is 795 g/mol. The smallest absolute Gasteiger partial charge is 0.408 e. The predicted molar refractivity (Wildman–Crippen MR) is 226 cm³/mol. The van der Waals surface area contributed by atoms with Crippen LogP contribution in [0.3, 0.4) is 0 Å². The van der Waals surface area contributed by atoms with E-state index in [0.717, 1.165) is 28.5 Å². The van der Waals surface area contributed by atoms with Crippen molar-refractivity contribution in [3.63, 3.8) is 0 Å². The number of nitrogens with one attached hydrogen (secondary N) is 1. The van der Waals surface area contributed by atoms with E-state index in [1.54, 1.807) is 46.2 Å². The summed E-state index contributed by atoms with van der Waals surface area (Å²) in [6.07, 6.45) is 4.59. The third kappa shape index (κ3) is 8.28. The van der Waals surface area contributed by atoms with Crippen molar-refractivity contribution in [2.75, 3.05) is 17.6 Å². The van der Waals surface area contributed by atoms with E-state index in [9.17, 15) is 13.2 Å². The summed E-state index contributed by atoms with van der Waals surface area (Å²) < 4.78 is 41.2. The molecule has 0 spiro atoms. The van der Waals surface area contributed by atoms with Crippen LogP contribution in [0.4, 0.5) is 10.5 Å². The third-order valence-corrected chi connectivity index (χ3v) is 11.1. The number of benzene rings is 5. The van der Waals surface area contributed by atoms with Crippen LogP contribution in [0, 0.1) is 0 Å². The third-order valence-electron chi connectivity index (χ3n) is 9.94. The van der Waals surface area contributed by atoms with Gasteiger partial charge < -0.3 is 19.0 Å². The van der Waals surface area contributed by atoms with Gasteiger partial charge in [0.05, 0.1) is 24.0 Å². The van der Waals surface area contributed by atoms with E-state index in [0.29, 0.717) is 28.9 Å². The molecule has 0 fully saturated rings. The quantitative estimate of drug-likeness (QED) is 0.121. The zero-order chi connectivity index (χ0) is 41.1. The number of aromatic nitrogens is 4. The molecule has 0 saturated carbocycles. The summed E-state index contributed by atoms with van der Waals surface area (Å²) in [7, 11) is -2.19. The molecule has 0 aliphatic carbocycles. The lowest BCUT2D eigenvalue weighted by Gasteiger charge is -2.37. The molecule has 0 saturated heterocycles. The van der Waals surface area contributed by atoms with Crippen LogP contribution in [0.2, 0.25) is 0 Å². The topological polar surface area (TPSA) is 132 Å². The first-order valence-corrected chi connectivity index (χ1v) is 20.7. The van der Waals surface area contributed by atoms with E-state index in [1.165, 1.54) is 11.4 Å². The molecule has 2 aromatic heterocycles. The molecule has 5 aromatic carbocycles. The van der Waals surface area contributed by atoms with Crippen molar-refractivity contribution in [3.8, 4) is 22.7 Å². The Morgan fingerprint density at radius 2 is 1.28 bits per heavy atom. The van der Waals surface area contributed by atoms with Gasteiger partial charge in [-0.1, -0.05) is 121 Å². The van der Waals surface area contributed by atoms with Crippen LogP contribution in [0.15, 0.2) is 156 Å². The Morgan fingerprint density at radius 3 is 1.79 bits per heavy atom. The van der Waals surface area contributed by atoms with Crippen LogP contribution in [0.25, 0.3) is 22.7 Å². The van der Waals surface area contributed by atoms with Gasteiger partial charge in [-0.2, -0.15) is 0 Å². The Bertz CT molecular complexity index is 2510. The Balaban J connectivity index is 1.36. The highest BCUT2D eigenvalue weighted by Gasteiger charge is 2.39. The molecule has 7 rings (SSSR count). The van der Waals surface area contributed by atoms with E-state index in [2.05, 4.69) is 56.5 Å². The molecule has 0 bridgehead atoms. The van der Waals surface area contributed by atoms with Gasteiger partial charge in [0.2, 0.25) is 21.8 Å². The molecular formula is C46H46N6O5S. The Labute approximate surface area is 339 Å². The summed E-state index contributed by atoms with van der Waals surface area (Å²) in [4.78, 5) is 18.1. The van der Waals surface area contributed by atoms with Gasteiger partial charge in [-0.25, -0.2) is 18.2 Å². The maximum atomic E-state index is 13.2. The predicted octanol–water partition coefficient (Wildman–Crippen LogP) is 8.82. The molecule has 11 nitrogen and oxygen atoms in total. The molecule has 1 N–H and O–H groups in total. The van der Waals surface area contributed by atoms with Crippen molar-refractivity contribution < 1.29 is 22.4 Å². The molecule has 12 heteroatoms. The fourth-order valence-corrected chi connectivity index (χ4v) is 7.65. The fourth-order valence-electron chi connectivity index (χ4n) is 7.17. The molecule has 1 amide bonds. The maximum absolute atomic E-state index is 13.2. The molecular weight excluding hydrogens is 749 g/mol. The van der Waals surface area contributed by atoms with E-state index in [-0.39, 0.29) is 11.8 Å². The average Bonchev–Trinajstić information content (AvgIpc) is 3.91. The van der Waals surface area contributed by atoms with E-state index in [1.807, 2.05) is 97.2 Å². The Hall–Kier alpha value is -6.53. The first kappa shape index (κ1) is 39.7. The number of anilines is 1. The Kier molecular flexibility index (Phi) is 10.8. The van der Waals surface area contributed by atoms with E-state index < -0.39 is 32.8 Å². The molecule has 58 heavy (non-hydrogen) atoms. The second-order valence-corrected chi connectivity index (χ2v) is 17.5. The highest BCUT2D eigenvalue weighted by molar-refractivity contribution is 7.92. The number of nitrogens with zero attached hydrogens (tertiary/aromatic N) is 5. The van der Waals surface area contributed by atoms with Gasteiger partial charge in [0.1, 0.15) is 16.7 Å². The van der Waals surface area contributed by atoms with Crippen LogP contribution >= 0.6 is 0 Å². The number of carbonyl (C=O) groups is 1. The van der Waals surface area contributed by atoms with Gasteiger partial charge in [-0.05, 0) is 68.1 Å². The normalized spacial score (nSPS) is 13.1. The molecule has 0 unspecified atom stereocenters. The van der Waals surface area contributed by atoms with Crippen molar-refractivity contribution in [1.29, 1.82) is 0 Å². The second kappa shape index (κ2) is 15.8. The van der Waals surface area contributed by atoms with Crippen molar-refractivity contribution in [2.24, 2.45) is 0 Å². The van der Waals surface area contributed by atoms with Crippen LogP contribution in [0.5, 0.6) is 0 Å². The van der Waals surface area contributed by atoms with Crippen LogP contribution in [-0.2, 0) is 32.3 Å². The first-order chi connectivity index (χ1) is 27.7. The summed E-state index contributed by atoms with van der Waals surface area (Å²) in [5.74, 6) is 0.264. The summed E-state index contributed by atoms with van der Waals surface area (Å²) in [5.41, 5.74) is 3.29. The molecule has 2 heterocycles. The van der Waals surface area contributed by atoms with Gasteiger partial charge >= 0.3 is 6.09 Å². The molecule has 0 aliphatic rings. The lowest BCUT2D eigenvalue weighted by molar-refractivity contribution is 0.0443. The van der Waals surface area contributed by atoms with Gasteiger partial charge in [-0.15, -0.1) is 10.2 Å². The number of amides is 1. The molecule has 0 radical (unpaired) electrons. The van der Waals surface area contributed by atoms with Crippen molar-refractivity contribution >= 4 is 21.8 Å². The number of hydrogen-bond acceptors (Lipinski definition) is 8. The highest BCUT2D eigenvalue weighted by atomic mass is 32.2. The van der Waals surface area contributed by atoms with E-state index in [4.69, 9.17) is 14.1 Å². The van der Waals surface area contributed by atoms with Crippen molar-refractivity contribution in [2.45, 2.75) is 50.8 Å². The van der Waals surface area contributed by atoms with Gasteiger partial charge in [0.25, 0.3) is 0 Å². The zero-order valence-corrected chi connectivity index (χ0v) is 34.1. The number of ether oxygens (including phenoxy) is 1. The minimum absolute atomic E-state index is 0.122. The summed E-state index contributed by atoms with van der Waals surface area (Å²) in [6, 6.07) is 45.7. The van der Waals surface area contributed by atoms with Gasteiger partial charge in [0.15, 0.2) is 0 Å². The first-order valence-electron chi connectivity index (χ1n) is 18.9. The monoisotopic (exact) mass is 794 g/mol. The van der Waals surface area contributed by atoms with Gasteiger partial charge in [0, 0.05) is 30.8 Å². The minimum atomic E-state index is -3.68. The highest BCUT2D eigenvalue weighted by Crippen LogP contribution is 2.42. The molecule has 1 atom stereocenters. The van der Waals surface area contributed by atoms with Crippen LogP contribution < -0.4 is 9.62 Å². The number of rotatable bonds is 12. The summed E-state index contributed by atoms with van der Waals surface area (Å²) >= 11 is 0. The standard InChI is InChI=1S/C46H46N6O5S/c1-44(2,3)57-43(53)48-45(4,30-33-19-11-7-12-20-33)42-50-49-41(56-42)35-27-34(28-39(29-35)51(5)58(6,54)55)40-31-52(32-47-40)46(36-21-13-8-14-22-36,37-23-15-9-16-24-37)38-25-17-10-18-26-38/h7-29,31-32H,30H2,1-6H3,(H,48,53)/t45-/m0/s1. The van der Waals surface area contributed by atoms with E-state index >= 15 is 0 Å². The Morgan fingerprint density at radius 1 is 0.759 bits per heavy atom. The lowest BCUT2D eigenvalue weighted by Crippen LogP contribution is -2.47. The fraction of sp³-hybridized carbons (Fsp3) is 0.217. The number of imidazole rings is 1. The van der Waals surface area contributed by atoms with Crippen molar-refractivity contribution in [1.82, 2.24) is 25.1 Å². The minimum Gasteiger partial charge on any atom is -0.444 e.